The van der Waals surface area contributed by atoms with Crippen molar-refractivity contribution in [2.45, 2.75) is 11.1 Å². The number of aromatic nitrogens is 2. The van der Waals surface area contributed by atoms with Crippen molar-refractivity contribution in [1.82, 2.24) is 9.78 Å². The molecule has 13 heteroatoms. The Hall–Kier alpha value is -1.59. The Kier molecular flexibility index (Phi) is 5.79. The Bertz CT molecular complexity index is 1200. The summed E-state index contributed by atoms with van der Waals surface area (Å²) < 4.78 is 68.9. The maximum absolute atomic E-state index is 13.1. The number of hydrogen-bond acceptors (Lipinski definition) is 4. The Morgan fingerprint density at radius 3 is 2.29 bits per heavy atom. The molecule has 3 aromatic rings. The van der Waals surface area contributed by atoms with Gasteiger partial charge in [0.2, 0.25) is 9.81 Å². The average Bonchev–Trinajstić information content (AvgIpc) is 3.01. The van der Waals surface area contributed by atoms with Crippen molar-refractivity contribution in [3.8, 4) is 5.69 Å². The highest BCUT2D eigenvalue weighted by Crippen LogP contribution is 2.31. The highest BCUT2D eigenvalue weighted by molar-refractivity contribution is 7.90. The highest BCUT2D eigenvalue weighted by Gasteiger charge is 2.36. The molecule has 0 spiro atoms. The molecular formula is C15H7Cl3F3N3O2S2. The van der Waals surface area contributed by atoms with E-state index in [1.807, 2.05) is 0 Å². The summed E-state index contributed by atoms with van der Waals surface area (Å²) in [6.07, 6.45) is -4.79. The molecule has 0 atom stereocenters. The third-order valence-corrected chi connectivity index (χ3v) is 6.83. The van der Waals surface area contributed by atoms with E-state index in [0.717, 1.165) is 10.7 Å². The number of benzene rings is 2. The topological polar surface area (TPSA) is 64.3 Å². The van der Waals surface area contributed by atoms with Gasteiger partial charge in [0.25, 0.3) is 10.0 Å². The van der Waals surface area contributed by atoms with Gasteiger partial charge in [-0.15, -0.1) is 9.50 Å². The minimum Gasteiger partial charge on any atom is -0.204 e. The molecule has 0 N–H and O–H groups in total. The Labute approximate surface area is 175 Å². The SMILES string of the molecule is O=S(=O)(/N=c1\sc(C(F)(F)F)nn1-c1ccc(Cl)cc1)c1cccc(Cl)c1Cl. The Balaban J connectivity index is 2.26. The minimum atomic E-state index is -4.79. The zero-order chi connectivity index (χ0) is 20.7. The number of hydrogen-bond donors (Lipinski definition) is 0. The number of sulfonamides is 1. The molecule has 0 radical (unpaired) electrons. The molecule has 0 fully saturated rings. The second-order valence-electron chi connectivity index (χ2n) is 5.19. The van der Waals surface area contributed by atoms with Crippen molar-refractivity contribution in [2.24, 2.45) is 4.40 Å². The van der Waals surface area contributed by atoms with Crippen LogP contribution in [0.3, 0.4) is 0 Å². The van der Waals surface area contributed by atoms with E-state index in [-0.39, 0.29) is 27.1 Å². The van der Waals surface area contributed by atoms with Gasteiger partial charge >= 0.3 is 6.18 Å². The van der Waals surface area contributed by atoms with Gasteiger partial charge in [0.1, 0.15) is 4.90 Å². The van der Waals surface area contributed by atoms with Crippen LogP contribution < -0.4 is 4.80 Å². The number of rotatable bonds is 3. The molecule has 1 aromatic heterocycles. The zero-order valence-electron chi connectivity index (χ0n) is 13.3. The minimum absolute atomic E-state index is 0.0381. The molecule has 5 nitrogen and oxygen atoms in total. The first-order chi connectivity index (χ1) is 13.0. The molecule has 1 heterocycles. The van der Waals surface area contributed by atoms with Crippen LogP contribution in [0.25, 0.3) is 5.69 Å². The molecule has 0 aliphatic rings. The van der Waals surface area contributed by atoms with Crippen LogP contribution >= 0.6 is 46.1 Å². The second-order valence-corrected chi connectivity index (χ2v) is 8.94. The van der Waals surface area contributed by atoms with Gasteiger partial charge in [0.15, 0.2) is 0 Å². The lowest BCUT2D eigenvalue weighted by Crippen LogP contribution is -2.17. The number of nitrogens with zero attached hydrogens (tertiary/aromatic N) is 3. The molecule has 28 heavy (non-hydrogen) atoms. The zero-order valence-corrected chi connectivity index (χ0v) is 17.2. The van der Waals surface area contributed by atoms with E-state index in [1.54, 1.807) is 0 Å². The predicted octanol–water partition coefficient (Wildman–Crippen LogP) is 5.20. The van der Waals surface area contributed by atoms with Crippen LogP contribution in [0.5, 0.6) is 0 Å². The third kappa shape index (κ3) is 4.36. The van der Waals surface area contributed by atoms with E-state index in [9.17, 15) is 21.6 Å². The molecule has 2 aromatic carbocycles. The van der Waals surface area contributed by atoms with Gasteiger partial charge in [0, 0.05) is 5.02 Å². The summed E-state index contributed by atoms with van der Waals surface area (Å²) >= 11 is 17.6. The van der Waals surface area contributed by atoms with Crippen LogP contribution in [-0.4, -0.2) is 18.2 Å². The molecule has 0 aliphatic heterocycles. The van der Waals surface area contributed by atoms with Gasteiger partial charge in [-0.25, -0.2) is 4.68 Å². The standard InChI is InChI=1S/C15H7Cl3F3N3O2S2/c16-8-4-6-9(7-5-8)24-14(27-13(22-24)15(19,20)21)23-28(25,26)11-3-1-2-10(17)12(11)18/h1-7H/b23-14-. The summed E-state index contributed by atoms with van der Waals surface area (Å²) in [6, 6.07) is 9.43. The van der Waals surface area contributed by atoms with Crippen LogP contribution in [0.4, 0.5) is 13.2 Å². The maximum atomic E-state index is 13.1. The van der Waals surface area contributed by atoms with Crippen molar-refractivity contribution in [3.63, 3.8) is 0 Å². The van der Waals surface area contributed by atoms with Crippen molar-refractivity contribution >= 4 is 56.2 Å². The molecule has 0 bridgehead atoms. The van der Waals surface area contributed by atoms with Crippen LogP contribution in [-0.2, 0) is 16.2 Å². The second kappa shape index (κ2) is 7.68. The van der Waals surface area contributed by atoms with Gasteiger partial charge in [-0.1, -0.05) is 52.2 Å². The fourth-order valence-corrected chi connectivity index (χ4v) is 4.87. The summed E-state index contributed by atoms with van der Waals surface area (Å²) in [6.45, 7) is 0. The molecule has 0 saturated carbocycles. The van der Waals surface area contributed by atoms with Crippen LogP contribution in [0.1, 0.15) is 5.01 Å². The normalized spacial score (nSPS) is 13.1. The molecule has 148 valence electrons. The van der Waals surface area contributed by atoms with E-state index in [1.165, 1.54) is 36.4 Å². The highest BCUT2D eigenvalue weighted by atomic mass is 35.5. The van der Waals surface area contributed by atoms with Crippen LogP contribution in [0.15, 0.2) is 51.8 Å². The summed E-state index contributed by atoms with van der Waals surface area (Å²) in [7, 11) is -4.47. The Morgan fingerprint density at radius 1 is 1.04 bits per heavy atom. The van der Waals surface area contributed by atoms with E-state index < -0.39 is 30.9 Å². The quantitative estimate of drug-likeness (QED) is 0.509. The first-order valence-electron chi connectivity index (χ1n) is 7.17. The van der Waals surface area contributed by atoms with Crippen LogP contribution in [0, 0.1) is 0 Å². The Morgan fingerprint density at radius 2 is 1.68 bits per heavy atom. The molecule has 3 rings (SSSR count). The van der Waals surface area contributed by atoms with Crippen molar-refractivity contribution in [3.05, 3.63) is 67.3 Å². The van der Waals surface area contributed by atoms with Gasteiger partial charge in [0.05, 0.1) is 15.7 Å². The van der Waals surface area contributed by atoms with E-state index in [4.69, 9.17) is 34.8 Å². The lowest BCUT2D eigenvalue weighted by molar-refractivity contribution is -0.138. The van der Waals surface area contributed by atoms with Crippen molar-refractivity contribution in [2.75, 3.05) is 0 Å². The molecule has 0 unspecified atom stereocenters. The van der Waals surface area contributed by atoms with Gasteiger partial charge < -0.3 is 0 Å². The van der Waals surface area contributed by atoms with E-state index in [0.29, 0.717) is 5.02 Å². The van der Waals surface area contributed by atoms with E-state index >= 15 is 0 Å². The number of alkyl halides is 3. The fourth-order valence-electron chi connectivity index (χ4n) is 2.04. The fraction of sp³-hybridized carbons (Fsp3) is 0.0667. The molecule has 0 amide bonds. The van der Waals surface area contributed by atoms with Gasteiger partial charge in [-0.05, 0) is 36.4 Å². The molecular weight excluding hydrogens is 482 g/mol. The lowest BCUT2D eigenvalue weighted by Gasteiger charge is -2.04. The number of halogens is 6. The molecule has 0 aliphatic carbocycles. The first kappa shape index (κ1) is 21.1. The van der Waals surface area contributed by atoms with Crippen molar-refractivity contribution < 1.29 is 21.6 Å². The van der Waals surface area contributed by atoms with Crippen LogP contribution in [0.2, 0.25) is 15.1 Å². The predicted molar refractivity (Wildman–Crippen MR) is 101 cm³/mol. The maximum Gasteiger partial charge on any atom is 0.445 e. The monoisotopic (exact) mass is 487 g/mol. The molecule has 0 saturated heterocycles. The van der Waals surface area contributed by atoms with E-state index in [2.05, 4.69) is 9.50 Å². The smallest absolute Gasteiger partial charge is 0.204 e. The first-order valence-corrected chi connectivity index (χ1v) is 10.6. The largest absolute Gasteiger partial charge is 0.445 e. The summed E-state index contributed by atoms with van der Waals surface area (Å²) in [5.41, 5.74) is 0.141. The third-order valence-electron chi connectivity index (χ3n) is 3.27. The van der Waals surface area contributed by atoms with Gasteiger partial charge in [-0.2, -0.15) is 21.6 Å². The van der Waals surface area contributed by atoms with Gasteiger partial charge in [-0.3, -0.25) is 0 Å². The summed E-state index contributed by atoms with van der Waals surface area (Å²) in [5, 5.41) is 2.20. The summed E-state index contributed by atoms with van der Waals surface area (Å²) in [4.78, 5) is -0.961. The lowest BCUT2D eigenvalue weighted by atomic mass is 10.3. The summed E-state index contributed by atoms with van der Waals surface area (Å²) in [5.74, 6) is 0. The van der Waals surface area contributed by atoms with Crippen molar-refractivity contribution in [1.29, 1.82) is 0 Å². The average molecular weight is 489 g/mol.